The number of thiophene rings is 1. The minimum absolute atomic E-state index is 0.886. The summed E-state index contributed by atoms with van der Waals surface area (Å²) in [6.07, 6.45) is 5.01. The number of aryl methyl sites for hydroxylation is 1. The Morgan fingerprint density at radius 3 is 3.10 bits per heavy atom. The van der Waals surface area contributed by atoms with Gasteiger partial charge in [0.15, 0.2) is 0 Å². The van der Waals surface area contributed by atoms with Crippen LogP contribution in [-0.4, -0.2) is 16.1 Å². The van der Waals surface area contributed by atoms with E-state index in [2.05, 4.69) is 52.1 Å². The van der Waals surface area contributed by atoms with Gasteiger partial charge in [0.1, 0.15) is 0 Å². The van der Waals surface area contributed by atoms with Crippen molar-refractivity contribution in [2.75, 3.05) is 11.9 Å². The monoisotopic (exact) mass is 295 g/mol. The van der Waals surface area contributed by atoms with Crippen LogP contribution in [0, 0.1) is 6.92 Å². The molecule has 4 heteroatoms. The lowest BCUT2D eigenvalue weighted by Crippen LogP contribution is -2.00. The number of fused-ring (bicyclic) bond motifs is 1. The zero-order valence-corrected chi connectivity index (χ0v) is 12.8. The van der Waals surface area contributed by atoms with Crippen LogP contribution in [-0.2, 0) is 13.0 Å². The topological polar surface area (TPSA) is 29.9 Å². The van der Waals surface area contributed by atoms with Gasteiger partial charge in [0.2, 0.25) is 0 Å². The maximum Gasteiger partial charge on any atom is 0.0954 e. The normalized spacial score (nSPS) is 13.2. The molecule has 0 spiro atoms. The Bertz CT molecular complexity index is 785. The Kier molecular flexibility index (Phi) is 3.04. The predicted octanol–water partition coefficient (Wildman–Crippen LogP) is 3.94. The second kappa shape index (κ2) is 5.04. The van der Waals surface area contributed by atoms with Crippen LogP contribution in [0.4, 0.5) is 5.69 Å². The second-order valence-corrected chi connectivity index (χ2v) is 6.81. The molecule has 3 heterocycles. The first-order chi connectivity index (χ1) is 10.3. The molecule has 3 nitrogen and oxygen atoms in total. The molecule has 0 unspecified atom stereocenters. The minimum Gasteiger partial charge on any atom is -0.384 e. The molecule has 0 fully saturated rings. The number of hydrogen-bond acceptors (Lipinski definition) is 3. The van der Waals surface area contributed by atoms with Crippen molar-refractivity contribution in [3.8, 4) is 11.3 Å². The van der Waals surface area contributed by atoms with E-state index in [9.17, 15) is 0 Å². The Hall–Kier alpha value is -2.07. The van der Waals surface area contributed by atoms with Gasteiger partial charge in [0.05, 0.1) is 24.8 Å². The van der Waals surface area contributed by atoms with Crippen LogP contribution in [0.5, 0.6) is 0 Å². The highest BCUT2D eigenvalue weighted by Gasteiger charge is 2.17. The average Bonchev–Trinajstić information content (AvgIpc) is 3.19. The quantitative estimate of drug-likeness (QED) is 0.793. The molecule has 1 N–H and O–H groups in total. The first kappa shape index (κ1) is 12.7. The number of nitrogens with zero attached hydrogens (tertiary/aromatic N) is 2. The standard InChI is InChI=1S/C17H17N3S/c1-12-5-6-14(21-12)10-20-11-18-9-16(20)15-4-2-3-13-7-8-19-17(13)15/h2-6,9,11,19H,7-8,10H2,1H3. The van der Waals surface area contributed by atoms with Crippen LogP contribution in [0.2, 0.25) is 0 Å². The molecule has 21 heavy (non-hydrogen) atoms. The number of hydrogen-bond donors (Lipinski definition) is 1. The Morgan fingerprint density at radius 1 is 1.29 bits per heavy atom. The van der Waals surface area contributed by atoms with Gasteiger partial charge >= 0.3 is 0 Å². The second-order valence-electron chi connectivity index (χ2n) is 5.44. The van der Waals surface area contributed by atoms with Gasteiger partial charge < -0.3 is 9.88 Å². The molecule has 3 aromatic rings. The fraction of sp³-hybridized carbons (Fsp3) is 0.235. The summed E-state index contributed by atoms with van der Waals surface area (Å²) in [7, 11) is 0. The summed E-state index contributed by atoms with van der Waals surface area (Å²) in [5.41, 5.74) is 5.14. The van der Waals surface area contributed by atoms with Crippen molar-refractivity contribution in [3.05, 3.63) is 58.2 Å². The lowest BCUT2D eigenvalue weighted by molar-refractivity contribution is 0.818. The fourth-order valence-electron chi connectivity index (χ4n) is 2.96. The van der Waals surface area contributed by atoms with Crippen LogP contribution in [0.3, 0.4) is 0 Å². The number of rotatable bonds is 3. The number of para-hydroxylation sites is 1. The van der Waals surface area contributed by atoms with Gasteiger partial charge in [-0.25, -0.2) is 4.98 Å². The van der Waals surface area contributed by atoms with E-state index in [1.54, 1.807) is 0 Å². The van der Waals surface area contributed by atoms with Gasteiger partial charge in [0.25, 0.3) is 0 Å². The first-order valence-corrected chi connectivity index (χ1v) is 8.04. The minimum atomic E-state index is 0.886. The molecular formula is C17H17N3S. The van der Waals surface area contributed by atoms with E-state index in [1.165, 1.54) is 32.3 Å². The summed E-state index contributed by atoms with van der Waals surface area (Å²) >= 11 is 1.85. The molecule has 4 rings (SSSR count). The molecule has 1 aliphatic heterocycles. The highest BCUT2D eigenvalue weighted by molar-refractivity contribution is 7.11. The molecule has 1 aromatic carbocycles. The summed E-state index contributed by atoms with van der Waals surface area (Å²) in [5, 5.41) is 3.51. The van der Waals surface area contributed by atoms with Gasteiger partial charge in [-0.2, -0.15) is 0 Å². The van der Waals surface area contributed by atoms with Crippen LogP contribution in [0.25, 0.3) is 11.3 Å². The van der Waals surface area contributed by atoms with Gasteiger partial charge in [-0.1, -0.05) is 18.2 Å². The summed E-state index contributed by atoms with van der Waals surface area (Å²) < 4.78 is 2.24. The smallest absolute Gasteiger partial charge is 0.0954 e. The molecule has 0 bridgehead atoms. The van der Waals surface area contributed by atoms with Crippen molar-refractivity contribution in [1.29, 1.82) is 0 Å². The van der Waals surface area contributed by atoms with Crippen LogP contribution in [0.15, 0.2) is 42.9 Å². The fourth-order valence-corrected chi connectivity index (χ4v) is 3.85. The van der Waals surface area contributed by atoms with Crippen molar-refractivity contribution in [1.82, 2.24) is 9.55 Å². The van der Waals surface area contributed by atoms with E-state index in [1.807, 2.05) is 23.9 Å². The Morgan fingerprint density at radius 2 is 2.24 bits per heavy atom. The third-order valence-corrected chi connectivity index (χ3v) is 4.94. The zero-order chi connectivity index (χ0) is 14.2. The largest absolute Gasteiger partial charge is 0.384 e. The molecule has 106 valence electrons. The molecule has 0 aliphatic carbocycles. The van der Waals surface area contributed by atoms with E-state index < -0.39 is 0 Å². The molecule has 1 aliphatic rings. The van der Waals surface area contributed by atoms with E-state index in [0.717, 1.165) is 19.5 Å². The van der Waals surface area contributed by atoms with E-state index in [4.69, 9.17) is 0 Å². The molecular weight excluding hydrogens is 278 g/mol. The van der Waals surface area contributed by atoms with E-state index in [0.29, 0.717) is 0 Å². The summed E-state index contributed by atoms with van der Waals surface area (Å²) in [6.45, 7) is 4.07. The van der Waals surface area contributed by atoms with Crippen molar-refractivity contribution in [2.45, 2.75) is 19.9 Å². The summed E-state index contributed by atoms with van der Waals surface area (Å²) in [6, 6.07) is 10.9. The van der Waals surface area contributed by atoms with Gasteiger partial charge in [-0.05, 0) is 31.0 Å². The summed E-state index contributed by atoms with van der Waals surface area (Å²) in [4.78, 5) is 7.09. The lowest BCUT2D eigenvalue weighted by atomic mass is 10.1. The highest BCUT2D eigenvalue weighted by Crippen LogP contribution is 2.34. The summed E-state index contributed by atoms with van der Waals surface area (Å²) in [5.74, 6) is 0. The zero-order valence-electron chi connectivity index (χ0n) is 12.0. The van der Waals surface area contributed by atoms with Gasteiger partial charge in [-0.3, -0.25) is 0 Å². The number of aromatic nitrogens is 2. The number of benzene rings is 1. The van der Waals surface area contributed by atoms with Crippen molar-refractivity contribution >= 4 is 17.0 Å². The maximum absolute atomic E-state index is 4.37. The van der Waals surface area contributed by atoms with E-state index >= 15 is 0 Å². The van der Waals surface area contributed by atoms with Crippen LogP contribution in [0.1, 0.15) is 15.3 Å². The number of anilines is 1. The molecule has 2 aromatic heterocycles. The van der Waals surface area contributed by atoms with Gasteiger partial charge in [0, 0.05) is 27.5 Å². The Balaban J connectivity index is 1.74. The third kappa shape index (κ3) is 2.25. The molecule has 0 saturated carbocycles. The van der Waals surface area contributed by atoms with E-state index in [-0.39, 0.29) is 0 Å². The predicted molar refractivity (Wildman–Crippen MR) is 88.0 cm³/mol. The van der Waals surface area contributed by atoms with Crippen molar-refractivity contribution in [3.63, 3.8) is 0 Å². The highest BCUT2D eigenvalue weighted by atomic mass is 32.1. The van der Waals surface area contributed by atoms with Crippen molar-refractivity contribution in [2.24, 2.45) is 0 Å². The lowest BCUT2D eigenvalue weighted by Gasteiger charge is -2.11. The number of imidazole rings is 1. The van der Waals surface area contributed by atoms with Gasteiger partial charge in [-0.15, -0.1) is 11.3 Å². The number of nitrogens with one attached hydrogen (secondary N) is 1. The molecule has 0 saturated heterocycles. The van der Waals surface area contributed by atoms with Crippen LogP contribution < -0.4 is 5.32 Å². The van der Waals surface area contributed by atoms with Crippen LogP contribution >= 0.6 is 11.3 Å². The SMILES string of the molecule is Cc1ccc(Cn2cncc2-c2cccc3c2NCC3)s1. The van der Waals surface area contributed by atoms with Crippen molar-refractivity contribution < 1.29 is 0 Å². The first-order valence-electron chi connectivity index (χ1n) is 7.23. The third-order valence-electron chi connectivity index (χ3n) is 3.96. The molecule has 0 amide bonds. The molecule has 0 radical (unpaired) electrons. The average molecular weight is 295 g/mol. The maximum atomic E-state index is 4.37. The Labute approximate surface area is 128 Å². The molecule has 0 atom stereocenters.